The summed E-state index contributed by atoms with van der Waals surface area (Å²) < 4.78 is 0. The second-order valence-electron chi connectivity index (χ2n) is 1.71. The van der Waals surface area contributed by atoms with E-state index in [-0.39, 0.29) is 17.2 Å². The molecule has 0 radical (unpaired) electrons. The van der Waals surface area contributed by atoms with Gasteiger partial charge in [0, 0.05) is 6.21 Å². The molecule has 6 N–H and O–H groups in total. The summed E-state index contributed by atoms with van der Waals surface area (Å²) in [6, 6.07) is 0. The van der Waals surface area contributed by atoms with Crippen molar-refractivity contribution in [3.8, 4) is 0 Å². The highest BCUT2D eigenvalue weighted by atomic mass is 14.9. The monoisotopic (exact) mass is 140 g/mol. The van der Waals surface area contributed by atoms with Gasteiger partial charge in [-0.05, 0) is 6.92 Å². The average Bonchev–Trinajstić information content (AvgIpc) is 1.87. The molecule has 0 aliphatic carbocycles. The maximum absolute atomic E-state index is 5.36. The molecule has 0 aliphatic heterocycles. The number of nitrogens with zero attached hydrogens (tertiary/aromatic N) is 1. The predicted molar refractivity (Wildman–Crippen MR) is 42.9 cm³/mol. The van der Waals surface area contributed by atoms with Crippen LogP contribution in [0.15, 0.2) is 28.8 Å². The third-order valence-electron chi connectivity index (χ3n) is 0.890. The van der Waals surface area contributed by atoms with Crippen molar-refractivity contribution in [3.05, 3.63) is 23.8 Å². The fraction of sp³-hybridized carbons (Fsp3) is 0.167. The first-order valence-electron chi connectivity index (χ1n) is 2.78. The Hall–Kier alpha value is -1.45. The molecule has 0 amide bonds. The average molecular weight is 140 g/mol. The van der Waals surface area contributed by atoms with E-state index >= 15 is 0 Å². The second-order valence-corrected chi connectivity index (χ2v) is 1.71. The van der Waals surface area contributed by atoms with Crippen LogP contribution in [0.3, 0.4) is 0 Å². The quantitative estimate of drug-likeness (QED) is 0.361. The van der Waals surface area contributed by atoms with Crippen molar-refractivity contribution in [2.24, 2.45) is 22.2 Å². The molecule has 4 heteroatoms. The summed E-state index contributed by atoms with van der Waals surface area (Å²) in [5.41, 5.74) is 16.4. The highest BCUT2D eigenvalue weighted by molar-refractivity contribution is 5.55. The molecule has 10 heavy (non-hydrogen) atoms. The third kappa shape index (κ3) is 2.21. The molecular formula is C6H12N4. The third-order valence-corrected chi connectivity index (χ3v) is 0.890. The van der Waals surface area contributed by atoms with E-state index in [4.69, 9.17) is 17.2 Å². The summed E-state index contributed by atoms with van der Waals surface area (Å²) in [5.74, 6) is 0.204. The van der Waals surface area contributed by atoms with Crippen LogP contribution in [-0.4, -0.2) is 6.21 Å². The van der Waals surface area contributed by atoms with E-state index in [1.807, 2.05) is 0 Å². The van der Waals surface area contributed by atoms with Crippen molar-refractivity contribution in [2.45, 2.75) is 6.92 Å². The minimum absolute atomic E-state index is 0.204. The van der Waals surface area contributed by atoms with Crippen molar-refractivity contribution in [1.82, 2.24) is 0 Å². The molecule has 0 rings (SSSR count). The zero-order valence-electron chi connectivity index (χ0n) is 5.96. The van der Waals surface area contributed by atoms with Crippen molar-refractivity contribution < 1.29 is 0 Å². The molecular weight excluding hydrogens is 128 g/mol. The van der Waals surface area contributed by atoms with Gasteiger partial charge in [-0.15, -0.1) is 0 Å². The molecule has 0 saturated heterocycles. The van der Waals surface area contributed by atoms with E-state index in [9.17, 15) is 0 Å². The molecule has 0 spiro atoms. The van der Waals surface area contributed by atoms with Gasteiger partial charge in [0.1, 0.15) is 5.82 Å². The minimum atomic E-state index is 0.204. The molecule has 0 atom stereocenters. The largest absolute Gasteiger partial charge is 0.397 e. The zero-order chi connectivity index (χ0) is 8.15. The Balaban J connectivity index is 4.50. The summed E-state index contributed by atoms with van der Waals surface area (Å²) in [6.45, 7) is 5.13. The van der Waals surface area contributed by atoms with Gasteiger partial charge in [0.2, 0.25) is 0 Å². The number of hydrogen-bond donors (Lipinski definition) is 3. The molecule has 0 aromatic carbocycles. The van der Waals surface area contributed by atoms with E-state index in [0.29, 0.717) is 0 Å². The smallest absolute Gasteiger partial charge is 0.148 e. The predicted octanol–water partition coefficient (Wildman–Crippen LogP) is -0.364. The number of hydrogen-bond acceptors (Lipinski definition) is 4. The maximum atomic E-state index is 5.36. The van der Waals surface area contributed by atoms with Gasteiger partial charge in [-0.3, -0.25) is 0 Å². The molecule has 0 unspecified atom stereocenters. The second kappa shape index (κ2) is 3.55. The van der Waals surface area contributed by atoms with Crippen LogP contribution in [-0.2, 0) is 0 Å². The summed E-state index contributed by atoms with van der Waals surface area (Å²) in [7, 11) is 0. The van der Waals surface area contributed by atoms with E-state index in [1.54, 1.807) is 6.92 Å². The normalized spacial score (nSPS) is 13.3. The lowest BCUT2D eigenvalue weighted by atomic mass is 10.4. The molecule has 0 aromatic heterocycles. The van der Waals surface area contributed by atoms with Crippen molar-refractivity contribution in [2.75, 3.05) is 0 Å². The van der Waals surface area contributed by atoms with Gasteiger partial charge < -0.3 is 17.2 Å². The highest BCUT2D eigenvalue weighted by Crippen LogP contribution is 1.96. The van der Waals surface area contributed by atoms with Gasteiger partial charge in [-0.2, -0.15) is 0 Å². The Morgan fingerprint density at radius 2 is 1.90 bits per heavy atom. The van der Waals surface area contributed by atoms with E-state index in [0.717, 1.165) is 0 Å². The maximum Gasteiger partial charge on any atom is 0.148 e. The first-order valence-corrected chi connectivity index (χ1v) is 2.78. The summed E-state index contributed by atoms with van der Waals surface area (Å²) in [4.78, 5) is 3.71. The van der Waals surface area contributed by atoms with Gasteiger partial charge in [0.25, 0.3) is 0 Å². The van der Waals surface area contributed by atoms with Gasteiger partial charge >= 0.3 is 0 Å². The first kappa shape index (κ1) is 8.55. The van der Waals surface area contributed by atoms with Crippen molar-refractivity contribution in [3.63, 3.8) is 0 Å². The Morgan fingerprint density at radius 3 is 2.20 bits per heavy atom. The van der Waals surface area contributed by atoms with Gasteiger partial charge in [-0.25, -0.2) is 4.99 Å². The van der Waals surface area contributed by atoms with Crippen molar-refractivity contribution in [1.29, 1.82) is 0 Å². The van der Waals surface area contributed by atoms with Gasteiger partial charge in [0.05, 0.1) is 11.4 Å². The van der Waals surface area contributed by atoms with E-state index in [2.05, 4.69) is 11.6 Å². The first-order chi connectivity index (χ1) is 4.59. The van der Waals surface area contributed by atoms with Crippen LogP contribution in [0, 0.1) is 0 Å². The summed E-state index contributed by atoms with van der Waals surface area (Å²) in [5, 5.41) is 0. The van der Waals surface area contributed by atoms with Crippen LogP contribution < -0.4 is 17.2 Å². The lowest BCUT2D eigenvalue weighted by Gasteiger charge is -2.00. The topological polar surface area (TPSA) is 90.4 Å². The van der Waals surface area contributed by atoms with Crippen LogP contribution in [0.4, 0.5) is 0 Å². The van der Waals surface area contributed by atoms with Crippen LogP contribution in [0.1, 0.15) is 6.92 Å². The number of nitrogens with two attached hydrogens (primary N) is 3. The molecule has 0 heterocycles. The minimum Gasteiger partial charge on any atom is -0.397 e. The highest BCUT2D eigenvalue weighted by Gasteiger charge is 1.95. The van der Waals surface area contributed by atoms with Crippen molar-refractivity contribution >= 4 is 6.21 Å². The molecule has 0 aliphatic rings. The Kier molecular flexibility index (Phi) is 3.04. The standard InChI is InChI=1S/C6H12N4/c1-3-10-6(9)5(8)4(2)7/h3H,2,7-9H2,1H3/b6-5+,10-3-. The lowest BCUT2D eigenvalue weighted by molar-refractivity contribution is 1.12. The number of aliphatic imine (C=N–C) groups is 1. The SMILES string of the molecule is C=C(N)/C(N)=C(N)\N=C/C. The molecule has 56 valence electrons. The summed E-state index contributed by atoms with van der Waals surface area (Å²) in [6.07, 6.45) is 1.53. The van der Waals surface area contributed by atoms with Crippen LogP contribution in [0.25, 0.3) is 0 Å². The molecule has 0 fully saturated rings. The fourth-order valence-electron chi connectivity index (χ4n) is 0.373. The van der Waals surface area contributed by atoms with Crippen LogP contribution in [0.5, 0.6) is 0 Å². The van der Waals surface area contributed by atoms with Gasteiger partial charge in [0.15, 0.2) is 0 Å². The van der Waals surface area contributed by atoms with Gasteiger partial charge in [-0.1, -0.05) is 6.58 Å². The Labute approximate surface area is 60.1 Å². The molecule has 4 nitrogen and oxygen atoms in total. The molecule has 0 bridgehead atoms. The van der Waals surface area contributed by atoms with E-state index < -0.39 is 0 Å². The van der Waals surface area contributed by atoms with E-state index in [1.165, 1.54) is 6.21 Å². The molecule has 0 aromatic rings. The Bertz CT molecular complexity index is 190. The summed E-state index contributed by atoms with van der Waals surface area (Å²) >= 11 is 0. The number of rotatable bonds is 2. The Morgan fingerprint density at radius 1 is 1.40 bits per heavy atom. The zero-order valence-corrected chi connectivity index (χ0v) is 5.96. The van der Waals surface area contributed by atoms with Crippen LogP contribution >= 0.6 is 0 Å². The van der Waals surface area contributed by atoms with Crippen LogP contribution in [0.2, 0.25) is 0 Å². The fourth-order valence-corrected chi connectivity index (χ4v) is 0.373. The molecule has 0 saturated carbocycles. The lowest BCUT2D eigenvalue weighted by Crippen LogP contribution is -2.14.